The summed E-state index contributed by atoms with van der Waals surface area (Å²) in [6.45, 7) is 2.39. The number of hydrogen-bond acceptors (Lipinski definition) is 3. The van der Waals surface area contributed by atoms with Gasteiger partial charge in [-0.25, -0.2) is 0 Å². The Kier molecular flexibility index (Phi) is 4.54. The first kappa shape index (κ1) is 12.5. The fourth-order valence-corrected chi connectivity index (χ4v) is 2.21. The van der Waals surface area contributed by atoms with Gasteiger partial charge in [-0.2, -0.15) is 0 Å². The second-order valence-electron chi connectivity index (χ2n) is 4.36. The second kappa shape index (κ2) is 5.47. The van der Waals surface area contributed by atoms with Crippen molar-refractivity contribution in [2.45, 2.75) is 57.2 Å². The summed E-state index contributed by atoms with van der Waals surface area (Å²) in [5, 5.41) is 0. The molecule has 1 aliphatic carbocycles. The lowest BCUT2D eigenvalue weighted by Crippen LogP contribution is -2.48. The van der Waals surface area contributed by atoms with Gasteiger partial charge in [0.25, 0.3) is 0 Å². The van der Waals surface area contributed by atoms with Crippen molar-refractivity contribution in [3.8, 4) is 0 Å². The monoisotopic (exact) mass is 214 g/mol. The van der Waals surface area contributed by atoms with Crippen LogP contribution in [0.25, 0.3) is 0 Å². The third-order valence-corrected chi connectivity index (χ3v) is 3.22. The Labute approximate surface area is 91.3 Å². The molecule has 1 fully saturated rings. The van der Waals surface area contributed by atoms with E-state index < -0.39 is 6.10 Å². The van der Waals surface area contributed by atoms with Crippen molar-refractivity contribution in [2.24, 2.45) is 11.5 Å². The van der Waals surface area contributed by atoms with Gasteiger partial charge >= 0.3 is 0 Å². The molecule has 0 heterocycles. The van der Waals surface area contributed by atoms with E-state index in [0.29, 0.717) is 13.0 Å². The van der Waals surface area contributed by atoms with Crippen LogP contribution in [0.15, 0.2) is 0 Å². The molecule has 1 saturated carbocycles. The average Bonchev–Trinajstić information content (AvgIpc) is 2.27. The van der Waals surface area contributed by atoms with Gasteiger partial charge in [-0.15, -0.1) is 0 Å². The van der Waals surface area contributed by atoms with Crippen LogP contribution >= 0.6 is 0 Å². The molecular formula is C11H22N2O2. The normalized spacial score (nSPS) is 22.3. The average molecular weight is 214 g/mol. The molecule has 1 unspecified atom stereocenters. The summed E-state index contributed by atoms with van der Waals surface area (Å²) >= 11 is 0. The van der Waals surface area contributed by atoms with Crippen LogP contribution in [0.2, 0.25) is 0 Å². The van der Waals surface area contributed by atoms with Crippen LogP contribution in [0.4, 0.5) is 0 Å². The van der Waals surface area contributed by atoms with Gasteiger partial charge in [0.15, 0.2) is 0 Å². The number of primary amides is 1. The van der Waals surface area contributed by atoms with E-state index in [1.54, 1.807) is 0 Å². The molecule has 0 aromatic rings. The molecule has 4 N–H and O–H groups in total. The van der Waals surface area contributed by atoms with Crippen LogP contribution in [0.5, 0.6) is 0 Å². The fourth-order valence-electron chi connectivity index (χ4n) is 2.21. The fraction of sp³-hybridized carbons (Fsp3) is 0.909. The maximum Gasteiger partial charge on any atom is 0.246 e. The van der Waals surface area contributed by atoms with E-state index in [1.165, 1.54) is 6.42 Å². The van der Waals surface area contributed by atoms with Crippen molar-refractivity contribution in [1.29, 1.82) is 0 Å². The van der Waals surface area contributed by atoms with Crippen LogP contribution < -0.4 is 11.5 Å². The Morgan fingerprint density at radius 3 is 2.40 bits per heavy atom. The number of hydrogen-bond donors (Lipinski definition) is 2. The highest BCUT2D eigenvalue weighted by molar-refractivity contribution is 5.78. The molecule has 0 aromatic heterocycles. The predicted octanol–water partition coefficient (Wildman–Crippen LogP) is 0.928. The van der Waals surface area contributed by atoms with E-state index in [-0.39, 0.29) is 11.5 Å². The number of carbonyl (C=O) groups excluding carboxylic acids is 1. The standard InChI is InChI=1S/C11H22N2O2/c1-2-9(10(13)14)15-11(8-12)6-4-3-5-7-11/h9H,2-8,12H2,1H3,(H2,13,14). The molecule has 0 aromatic carbocycles. The number of carbonyl (C=O) groups is 1. The molecule has 1 amide bonds. The SMILES string of the molecule is CCC(OC1(CN)CCCCC1)C(N)=O. The third kappa shape index (κ3) is 3.18. The minimum absolute atomic E-state index is 0.298. The predicted molar refractivity (Wildman–Crippen MR) is 59.2 cm³/mol. The molecule has 1 rings (SSSR count). The molecule has 0 radical (unpaired) electrons. The van der Waals surface area contributed by atoms with Crippen LogP contribution in [0.1, 0.15) is 45.4 Å². The maximum absolute atomic E-state index is 11.1. The highest BCUT2D eigenvalue weighted by Crippen LogP contribution is 2.32. The minimum Gasteiger partial charge on any atom is -0.367 e. The van der Waals surface area contributed by atoms with E-state index in [9.17, 15) is 4.79 Å². The van der Waals surface area contributed by atoms with Crippen molar-refractivity contribution in [3.63, 3.8) is 0 Å². The summed E-state index contributed by atoms with van der Waals surface area (Å²) < 4.78 is 5.84. The van der Waals surface area contributed by atoms with Crippen LogP contribution in [0.3, 0.4) is 0 Å². The molecule has 0 aliphatic heterocycles. The number of ether oxygens (including phenoxy) is 1. The quantitative estimate of drug-likeness (QED) is 0.714. The van der Waals surface area contributed by atoms with Gasteiger partial charge in [0.2, 0.25) is 5.91 Å². The Morgan fingerprint density at radius 2 is 2.00 bits per heavy atom. The lowest BCUT2D eigenvalue weighted by atomic mass is 9.84. The highest BCUT2D eigenvalue weighted by atomic mass is 16.5. The first-order valence-corrected chi connectivity index (χ1v) is 5.81. The third-order valence-electron chi connectivity index (χ3n) is 3.22. The molecule has 0 bridgehead atoms. The van der Waals surface area contributed by atoms with Crippen LogP contribution in [-0.4, -0.2) is 24.2 Å². The minimum atomic E-state index is -0.480. The van der Waals surface area contributed by atoms with Gasteiger partial charge in [0.05, 0.1) is 5.60 Å². The lowest BCUT2D eigenvalue weighted by molar-refractivity contribution is -0.148. The number of amides is 1. The first-order chi connectivity index (χ1) is 7.13. The zero-order valence-corrected chi connectivity index (χ0v) is 9.50. The number of rotatable bonds is 5. The molecule has 88 valence electrons. The smallest absolute Gasteiger partial charge is 0.246 e. The van der Waals surface area contributed by atoms with Gasteiger partial charge < -0.3 is 16.2 Å². The molecular weight excluding hydrogens is 192 g/mol. The topological polar surface area (TPSA) is 78.3 Å². The van der Waals surface area contributed by atoms with E-state index in [0.717, 1.165) is 25.7 Å². The van der Waals surface area contributed by atoms with E-state index >= 15 is 0 Å². The second-order valence-corrected chi connectivity index (χ2v) is 4.36. The molecule has 4 nitrogen and oxygen atoms in total. The lowest BCUT2D eigenvalue weighted by Gasteiger charge is -2.38. The molecule has 0 spiro atoms. The molecule has 0 saturated heterocycles. The van der Waals surface area contributed by atoms with Crippen LogP contribution in [0, 0.1) is 0 Å². The summed E-state index contributed by atoms with van der Waals surface area (Å²) in [6, 6.07) is 0. The molecule has 1 aliphatic rings. The van der Waals surface area contributed by atoms with Crippen molar-refractivity contribution >= 4 is 5.91 Å². The maximum atomic E-state index is 11.1. The summed E-state index contributed by atoms with van der Waals surface area (Å²) in [5.41, 5.74) is 10.7. The molecule has 1 atom stereocenters. The van der Waals surface area contributed by atoms with Gasteiger partial charge in [0, 0.05) is 6.54 Å². The van der Waals surface area contributed by atoms with Crippen molar-refractivity contribution in [3.05, 3.63) is 0 Å². The zero-order valence-electron chi connectivity index (χ0n) is 9.50. The summed E-state index contributed by atoms with van der Waals surface area (Å²) in [4.78, 5) is 11.1. The van der Waals surface area contributed by atoms with E-state index in [2.05, 4.69) is 0 Å². The molecule has 15 heavy (non-hydrogen) atoms. The Morgan fingerprint density at radius 1 is 1.40 bits per heavy atom. The first-order valence-electron chi connectivity index (χ1n) is 5.81. The Hall–Kier alpha value is -0.610. The van der Waals surface area contributed by atoms with Gasteiger partial charge in [-0.05, 0) is 19.3 Å². The largest absolute Gasteiger partial charge is 0.367 e. The van der Waals surface area contributed by atoms with Crippen molar-refractivity contribution in [2.75, 3.05) is 6.54 Å². The van der Waals surface area contributed by atoms with Gasteiger partial charge in [-0.3, -0.25) is 4.79 Å². The van der Waals surface area contributed by atoms with Crippen molar-refractivity contribution < 1.29 is 9.53 Å². The number of nitrogens with two attached hydrogens (primary N) is 2. The zero-order chi connectivity index (χ0) is 11.3. The van der Waals surface area contributed by atoms with Gasteiger partial charge in [-0.1, -0.05) is 26.2 Å². The highest BCUT2D eigenvalue weighted by Gasteiger charge is 2.35. The van der Waals surface area contributed by atoms with Crippen molar-refractivity contribution in [1.82, 2.24) is 0 Å². The summed E-state index contributed by atoms with van der Waals surface area (Å²) in [5.74, 6) is -0.379. The summed E-state index contributed by atoms with van der Waals surface area (Å²) in [6.07, 6.45) is 5.54. The summed E-state index contributed by atoms with van der Waals surface area (Å²) in [7, 11) is 0. The van der Waals surface area contributed by atoms with E-state index in [1.807, 2.05) is 6.92 Å². The van der Waals surface area contributed by atoms with Crippen LogP contribution in [-0.2, 0) is 9.53 Å². The van der Waals surface area contributed by atoms with Gasteiger partial charge in [0.1, 0.15) is 6.10 Å². The molecule has 4 heteroatoms. The van der Waals surface area contributed by atoms with E-state index in [4.69, 9.17) is 16.2 Å². The Bertz CT molecular complexity index is 213. The Balaban J connectivity index is 2.61.